The van der Waals surface area contributed by atoms with Gasteiger partial charge in [0.15, 0.2) is 23.1 Å². The third kappa shape index (κ3) is 3.60. The molecule has 0 bridgehead atoms. The van der Waals surface area contributed by atoms with Gasteiger partial charge in [0.1, 0.15) is 6.10 Å². The Labute approximate surface area is 156 Å². The van der Waals surface area contributed by atoms with Crippen molar-refractivity contribution in [2.24, 2.45) is 0 Å². The molecule has 138 valence electrons. The smallest absolute Gasteiger partial charge is 0.197 e. The number of Topliss-reactive ketones (excluding diaryl/α,β-unsaturated/α-hetero) is 2. The summed E-state index contributed by atoms with van der Waals surface area (Å²) in [4.78, 5) is 35.9. The maximum Gasteiger partial charge on any atom is 0.197 e. The van der Waals surface area contributed by atoms with Gasteiger partial charge in [-0.25, -0.2) is 0 Å². The van der Waals surface area contributed by atoms with Gasteiger partial charge in [0.2, 0.25) is 0 Å². The van der Waals surface area contributed by atoms with Crippen molar-refractivity contribution < 1.29 is 29.0 Å². The second-order valence-corrected chi connectivity index (χ2v) is 5.98. The lowest BCUT2D eigenvalue weighted by Gasteiger charge is -2.18. The normalized spacial score (nSPS) is 13.9. The van der Waals surface area contributed by atoms with Crippen LogP contribution < -0.4 is 14.6 Å². The van der Waals surface area contributed by atoms with Gasteiger partial charge < -0.3 is 19.4 Å². The first-order chi connectivity index (χ1) is 12.9. The van der Waals surface area contributed by atoms with E-state index >= 15 is 0 Å². The third-order valence-corrected chi connectivity index (χ3v) is 4.12. The summed E-state index contributed by atoms with van der Waals surface area (Å²) in [5.41, 5.74) is 1.43. The van der Waals surface area contributed by atoms with Crippen molar-refractivity contribution in [3.8, 4) is 11.5 Å². The Hall–Kier alpha value is -3.41. The minimum Gasteiger partial charge on any atom is -0.546 e. The van der Waals surface area contributed by atoms with Crippen LogP contribution in [-0.2, 0) is 4.79 Å². The van der Waals surface area contributed by atoms with Gasteiger partial charge in [0, 0.05) is 11.1 Å². The largest absolute Gasteiger partial charge is 0.546 e. The first kappa shape index (κ1) is 18.4. The molecule has 0 amide bonds. The quantitative estimate of drug-likeness (QED) is 0.575. The van der Waals surface area contributed by atoms with Gasteiger partial charge in [-0.1, -0.05) is 30.3 Å². The molecule has 0 aliphatic heterocycles. The van der Waals surface area contributed by atoms with Crippen molar-refractivity contribution >= 4 is 23.6 Å². The molecule has 0 radical (unpaired) electrons. The highest BCUT2D eigenvalue weighted by atomic mass is 16.5. The first-order valence-electron chi connectivity index (χ1n) is 8.46. The van der Waals surface area contributed by atoms with Crippen LogP contribution in [0.5, 0.6) is 11.5 Å². The van der Waals surface area contributed by atoms with E-state index in [4.69, 9.17) is 9.47 Å². The second-order valence-electron chi connectivity index (χ2n) is 5.98. The predicted molar refractivity (Wildman–Crippen MR) is 95.8 cm³/mol. The minimum absolute atomic E-state index is 0.0791. The summed E-state index contributed by atoms with van der Waals surface area (Å²) in [6.45, 7) is 3.46. The van der Waals surface area contributed by atoms with Crippen molar-refractivity contribution in [1.29, 1.82) is 0 Å². The van der Waals surface area contributed by atoms with E-state index in [1.54, 1.807) is 43.3 Å². The molecule has 1 aliphatic carbocycles. The van der Waals surface area contributed by atoms with Gasteiger partial charge in [0.25, 0.3) is 0 Å². The number of benzene rings is 2. The third-order valence-electron chi connectivity index (χ3n) is 4.12. The van der Waals surface area contributed by atoms with Crippen molar-refractivity contribution in [1.82, 2.24) is 0 Å². The molecule has 1 aliphatic rings. The van der Waals surface area contributed by atoms with Crippen LogP contribution in [0, 0.1) is 0 Å². The number of carboxylic acid groups (broad SMARTS) is 1. The Morgan fingerprint density at radius 3 is 2.26 bits per heavy atom. The zero-order valence-corrected chi connectivity index (χ0v) is 14.9. The van der Waals surface area contributed by atoms with Crippen LogP contribution in [-0.4, -0.2) is 30.2 Å². The summed E-state index contributed by atoms with van der Waals surface area (Å²) in [7, 11) is 0. The van der Waals surface area contributed by atoms with Crippen LogP contribution in [0.25, 0.3) is 6.08 Å². The van der Waals surface area contributed by atoms with Crippen molar-refractivity contribution in [3.05, 3.63) is 64.7 Å². The zero-order valence-electron chi connectivity index (χ0n) is 14.9. The predicted octanol–water partition coefficient (Wildman–Crippen LogP) is 2.07. The average molecular weight is 365 g/mol. The molecule has 0 spiro atoms. The number of carbonyl (C=O) groups is 3. The molecule has 1 atom stereocenters. The van der Waals surface area contributed by atoms with Gasteiger partial charge in [-0.15, -0.1) is 0 Å². The van der Waals surface area contributed by atoms with Crippen LogP contribution >= 0.6 is 0 Å². The Bertz CT molecular complexity index is 920. The number of fused-ring (bicyclic) bond motifs is 1. The van der Waals surface area contributed by atoms with E-state index in [0.29, 0.717) is 29.0 Å². The summed E-state index contributed by atoms with van der Waals surface area (Å²) in [6.07, 6.45) is 0.347. The zero-order chi connectivity index (χ0) is 19.6. The number of hydrogen-bond donors (Lipinski definition) is 0. The number of allylic oxidation sites excluding steroid dienone is 1. The molecular formula is C21H17O6-. The Morgan fingerprint density at radius 2 is 1.70 bits per heavy atom. The first-order valence-corrected chi connectivity index (χ1v) is 8.46. The molecule has 0 heterocycles. The van der Waals surface area contributed by atoms with E-state index in [9.17, 15) is 19.5 Å². The lowest BCUT2D eigenvalue weighted by atomic mass is 10.1. The number of hydrogen-bond acceptors (Lipinski definition) is 6. The highest BCUT2D eigenvalue weighted by molar-refractivity contribution is 6.41. The van der Waals surface area contributed by atoms with Crippen LogP contribution in [0.15, 0.2) is 48.0 Å². The Morgan fingerprint density at radius 1 is 1.07 bits per heavy atom. The highest BCUT2D eigenvalue weighted by Gasteiger charge is 2.32. The highest BCUT2D eigenvalue weighted by Crippen LogP contribution is 2.32. The van der Waals surface area contributed by atoms with Crippen molar-refractivity contribution in [2.75, 3.05) is 6.61 Å². The van der Waals surface area contributed by atoms with Crippen LogP contribution in [0.1, 0.15) is 40.1 Å². The molecule has 0 N–H and O–H groups in total. The topological polar surface area (TPSA) is 92.7 Å². The lowest BCUT2D eigenvalue weighted by Crippen LogP contribution is -2.37. The SMILES string of the molecule is CCOc1cc(C=C2C(=O)c3ccccc3C2=O)ccc1O[C@H](C)C(=O)[O-]. The second kappa shape index (κ2) is 7.45. The maximum absolute atomic E-state index is 12.5. The van der Waals surface area contributed by atoms with Crippen LogP contribution in [0.4, 0.5) is 0 Å². The number of carbonyl (C=O) groups excluding carboxylic acids is 3. The fourth-order valence-electron chi connectivity index (χ4n) is 2.79. The molecule has 0 fully saturated rings. The molecule has 0 unspecified atom stereocenters. The van der Waals surface area contributed by atoms with Gasteiger partial charge in [-0.3, -0.25) is 9.59 Å². The van der Waals surface area contributed by atoms with Gasteiger partial charge >= 0.3 is 0 Å². The van der Waals surface area contributed by atoms with E-state index in [1.165, 1.54) is 19.1 Å². The number of rotatable bonds is 6. The van der Waals surface area contributed by atoms with Crippen LogP contribution in [0.3, 0.4) is 0 Å². The van der Waals surface area contributed by atoms with Crippen molar-refractivity contribution in [3.63, 3.8) is 0 Å². The molecule has 0 aromatic heterocycles. The molecule has 27 heavy (non-hydrogen) atoms. The fourth-order valence-corrected chi connectivity index (χ4v) is 2.79. The summed E-state index contributed by atoms with van der Waals surface area (Å²) in [6, 6.07) is 11.4. The van der Waals surface area contributed by atoms with Gasteiger partial charge in [0.05, 0.1) is 18.1 Å². The van der Waals surface area contributed by atoms with Gasteiger partial charge in [-0.2, -0.15) is 0 Å². The fraction of sp³-hybridized carbons (Fsp3) is 0.190. The Kier molecular flexibility index (Phi) is 5.07. The number of aliphatic carboxylic acids is 1. The lowest BCUT2D eigenvalue weighted by molar-refractivity contribution is -0.312. The average Bonchev–Trinajstić information content (AvgIpc) is 2.89. The summed E-state index contributed by atoms with van der Waals surface area (Å²) in [5, 5.41) is 10.9. The van der Waals surface area contributed by atoms with E-state index in [1.807, 2.05) is 0 Å². The van der Waals surface area contributed by atoms with E-state index < -0.39 is 12.1 Å². The van der Waals surface area contributed by atoms with E-state index in [2.05, 4.69) is 0 Å². The molecule has 0 saturated carbocycles. The van der Waals surface area contributed by atoms with Crippen LogP contribution in [0.2, 0.25) is 0 Å². The molecule has 6 nitrogen and oxygen atoms in total. The van der Waals surface area contributed by atoms with E-state index in [0.717, 1.165) is 0 Å². The number of ether oxygens (including phenoxy) is 2. The molecule has 3 rings (SSSR count). The molecular weight excluding hydrogens is 348 g/mol. The summed E-state index contributed by atoms with van der Waals surface area (Å²) in [5.74, 6) is -1.43. The van der Waals surface area contributed by atoms with Crippen molar-refractivity contribution in [2.45, 2.75) is 20.0 Å². The molecule has 2 aromatic carbocycles. The number of ketones is 2. The van der Waals surface area contributed by atoms with Gasteiger partial charge in [-0.05, 0) is 37.6 Å². The van der Waals surface area contributed by atoms with E-state index in [-0.39, 0.29) is 22.9 Å². The molecule has 0 saturated heterocycles. The monoisotopic (exact) mass is 365 g/mol. The summed E-state index contributed by atoms with van der Waals surface area (Å²) < 4.78 is 10.8. The standard InChI is InChI=1S/C21H18O6/c1-3-26-18-11-13(8-9-17(18)27-12(2)21(24)25)10-16-19(22)14-6-4-5-7-15(14)20(16)23/h4-12H,3H2,1-2H3,(H,24,25)/p-1/t12-/m1/s1. The maximum atomic E-state index is 12.5. The summed E-state index contributed by atoms with van der Waals surface area (Å²) >= 11 is 0. The number of carboxylic acids is 1. The Balaban J connectivity index is 1.95. The molecule has 6 heteroatoms. The molecule has 2 aromatic rings. The minimum atomic E-state index is -1.34.